The van der Waals surface area contributed by atoms with Crippen molar-refractivity contribution in [2.24, 2.45) is 5.92 Å². The Morgan fingerprint density at radius 1 is 1.22 bits per heavy atom. The molecule has 0 saturated carbocycles. The van der Waals surface area contributed by atoms with E-state index in [1.807, 2.05) is 0 Å². The first-order chi connectivity index (χ1) is 12.8. The summed E-state index contributed by atoms with van der Waals surface area (Å²) >= 11 is 0. The van der Waals surface area contributed by atoms with Crippen LogP contribution in [0.25, 0.3) is 0 Å². The molecule has 1 aromatic carbocycles. The summed E-state index contributed by atoms with van der Waals surface area (Å²) < 4.78 is 9.95. The van der Waals surface area contributed by atoms with Crippen LogP contribution >= 0.6 is 0 Å². The molecule has 9 nitrogen and oxygen atoms in total. The Morgan fingerprint density at radius 2 is 1.89 bits per heavy atom. The average molecular weight is 378 g/mol. The minimum absolute atomic E-state index is 0.186. The molecule has 1 aliphatic heterocycles. The Hall–Kier alpha value is -2.97. The van der Waals surface area contributed by atoms with E-state index < -0.39 is 23.4 Å². The van der Waals surface area contributed by atoms with Crippen LogP contribution in [0.2, 0.25) is 0 Å². The molecule has 1 saturated heterocycles. The third-order valence-corrected chi connectivity index (χ3v) is 4.43. The maximum atomic E-state index is 12.2. The lowest BCUT2D eigenvalue weighted by atomic mass is 9.97. The van der Waals surface area contributed by atoms with Gasteiger partial charge in [-0.25, -0.2) is 4.79 Å². The van der Waals surface area contributed by atoms with Crippen LogP contribution < -0.4 is 0 Å². The van der Waals surface area contributed by atoms with E-state index in [0.29, 0.717) is 38.1 Å². The van der Waals surface area contributed by atoms with Gasteiger partial charge in [0.25, 0.3) is 11.6 Å². The molecule has 0 atom stereocenters. The van der Waals surface area contributed by atoms with Crippen molar-refractivity contribution < 1.29 is 28.8 Å². The van der Waals surface area contributed by atoms with E-state index in [0.717, 1.165) is 0 Å². The zero-order valence-corrected chi connectivity index (χ0v) is 15.3. The quantitative estimate of drug-likeness (QED) is 0.421. The monoisotopic (exact) mass is 378 g/mol. The molecule has 2 rings (SSSR count). The number of ether oxygens (including phenoxy) is 2. The topological polar surface area (TPSA) is 116 Å². The number of benzene rings is 1. The fraction of sp³-hybridized carbons (Fsp3) is 0.500. The predicted octanol–water partition coefficient (Wildman–Crippen LogP) is 1.86. The van der Waals surface area contributed by atoms with Crippen LogP contribution in [0.3, 0.4) is 0 Å². The van der Waals surface area contributed by atoms with E-state index in [4.69, 9.17) is 9.47 Å². The molecule has 0 radical (unpaired) electrons. The third-order valence-electron chi connectivity index (χ3n) is 4.43. The number of nitro groups is 1. The third kappa shape index (κ3) is 5.02. The first-order valence-corrected chi connectivity index (χ1v) is 8.70. The number of carbonyl (C=O) groups excluding carboxylic acids is 3. The van der Waals surface area contributed by atoms with E-state index in [1.54, 1.807) is 6.92 Å². The molecule has 0 N–H and O–H groups in total. The number of esters is 2. The zero-order chi connectivity index (χ0) is 20.0. The van der Waals surface area contributed by atoms with Crippen molar-refractivity contribution in [3.63, 3.8) is 0 Å². The van der Waals surface area contributed by atoms with E-state index >= 15 is 0 Å². The summed E-state index contributed by atoms with van der Waals surface area (Å²) in [6.07, 6.45) is 0.976. The smallest absolute Gasteiger partial charge is 0.345 e. The zero-order valence-electron chi connectivity index (χ0n) is 15.3. The summed E-state index contributed by atoms with van der Waals surface area (Å²) in [4.78, 5) is 48.1. The van der Waals surface area contributed by atoms with E-state index in [2.05, 4.69) is 0 Å². The molecule has 1 aliphatic rings. The minimum atomic E-state index is -0.917. The van der Waals surface area contributed by atoms with Crippen molar-refractivity contribution in [1.29, 1.82) is 0 Å². The van der Waals surface area contributed by atoms with Crippen molar-refractivity contribution in [1.82, 2.24) is 4.90 Å². The maximum absolute atomic E-state index is 12.2. The molecule has 1 fully saturated rings. The molecule has 0 aliphatic carbocycles. The highest BCUT2D eigenvalue weighted by Gasteiger charge is 2.29. The fourth-order valence-corrected chi connectivity index (χ4v) is 2.99. The number of hydrogen-bond acceptors (Lipinski definition) is 7. The molecule has 1 aromatic rings. The number of likely N-dealkylation sites (tertiary alicyclic amines) is 1. The molecule has 146 valence electrons. The Bertz CT molecular complexity index is 739. The standard InChI is InChI=1S/C18H22N2O7/c1-3-26-17(22)13-7-9-19(10-8-13)15(21)11-27-18(23)14-6-4-5-12(2)16(14)20(24)25/h4-6,13H,3,7-11H2,1-2H3. The molecular formula is C18H22N2O7. The van der Waals surface area contributed by atoms with Gasteiger partial charge in [-0.3, -0.25) is 19.7 Å². The number of carbonyl (C=O) groups is 3. The normalized spacial score (nSPS) is 14.5. The fourth-order valence-electron chi connectivity index (χ4n) is 2.99. The molecule has 27 heavy (non-hydrogen) atoms. The van der Waals surface area contributed by atoms with Crippen LogP contribution in [-0.4, -0.2) is 54.0 Å². The molecule has 0 aromatic heterocycles. The van der Waals surface area contributed by atoms with Gasteiger partial charge < -0.3 is 14.4 Å². The highest BCUT2D eigenvalue weighted by molar-refractivity contribution is 5.95. The lowest BCUT2D eigenvalue weighted by Gasteiger charge is -2.30. The van der Waals surface area contributed by atoms with Crippen molar-refractivity contribution in [2.45, 2.75) is 26.7 Å². The molecule has 0 spiro atoms. The Kier molecular flexibility index (Phi) is 6.86. The maximum Gasteiger partial charge on any atom is 0.345 e. The summed E-state index contributed by atoms with van der Waals surface area (Å²) in [6, 6.07) is 4.33. The van der Waals surface area contributed by atoms with Crippen molar-refractivity contribution in [3.05, 3.63) is 39.4 Å². The Labute approximate surface area is 156 Å². The van der Waals surface area contributed by atoms with Gasteiger partial charge in [0.1, 0.15) is 5.56 Å². The summed E-state index contributed by atoms with van der Waals surface area (Å²) in [5.74, 6) is -1.81. The Morgan fingerprint density at radius 3 is 2.48 bits per heavy atom. The SMILES string of the molecule is CCOC(=O)C1CCN(C(=O)COC(=O)c2cccc(C)c2[N+](=O)[O-])CC1. The van der Waals surface area contributed by atoms with E-state index in [-0.39, 0.29) is 23.1 Å². The minimum Gasteiger partial charge on any atom is -0.466 e. The van der Waals surface area contributed by atoms with Crippen LogP contribution in [0.4, 0.5) is 5.69 Å². The van der Waals surface area contributed by atoms with Crippen LogP contribution in [0.5, 0.6) is 0 Å². The first-order valence-electron chi connectivity index (χ1n) is 8.70. The number of para-hydroxylation sites is 1. The highest BCUT2D eigenvalue weighted by atomic mass is 16.6. The van der Waals surface area contributed by atoms with Gasteiger partial charge in [0.15, 0.2) is 6.61 Å². The van der Waals surface area contributed by atoms with E-state index in [9.17, 15) is 24.5 Å². The number of nitro benzene ring substituents is 1. The number of amides is 1. The van der Waals surface area contributed by atoms with Crippen LogP contribution in [-0.2, 0) is 19.1 Å². The predicted molar refractivity (Wildman–Crippen MR) is 94.1 cm³/mol. The van der Waals surface area contributed by atoms with Gasteiger partial charge >= 0.3 is 11.9 Å². The molecule has 1 heterocycles. The average Bonchev–Trinajstić information content (AvgIpc) is 2.65. The summed E-state index contributed by atoms with van der Waals surface area (Å²) in [6.45, 7) is 3.80. The van der Waals surface area contributed by atoms with Gasteiger partial charge in [-0.05, 0) is 32.8 Å². The van der Waals surface area contributed by atoms with Crippen LogP contribution in [0, 0.1) is 23.0 Å². The van der Waals surface area contributed by atoms with Crippen LogP contribution in [0.1, 0.15) is 35.7 Å². The molecule has 1 amide bonds. The van der Waals surface area contributed by atoms with Crippen molar-refractivity contribution in [2.75, 3.05) is 26.3 Å². The molecule has 0 bridgehead atoms. The number of aryl methyl sites for hydroxylation is 1. The summed E-state index contributed by atoms with van der Waals surface area (Å²) in [7, 11) is 0. The first kappa shape index (κ1) is 20.3. The molecule has 0 unspecified atom stereocenters. The van der Waals surface area contributed by atoms with Gasteiger partial charge in [-0.1, -0.05) is 12.1 Å². The van der Waals surface area contributed by atoms with Gasteiger partial charge in [0, 0.05) is 18.7 Å². The number of rotatable bonds is 6. The molecule has 9 heteroatoms. The second-order valence-electron chi connectivity index (χ2n) is 6.21. The lowest BCUT2D eigenvalue weighted by molar-refractivity contribution is -0.385. The number of piperidine rings is 1. The summed E-state index contributed by atoms with van der Waals surface area (Å²) in [5.41, 5.74) is -0.180. The number of nitrogens with zero attached hydrogens (tertiary/aromatic N) is 2. The highest BCUT2D eigenvalue weighted by Crippen LogP contribution is 2.24. The van der Waals surface area contributed by atoms with Gasteiger partial charge in [-0.15, -0.1) is 0 Å². The second kappa shape index (κ2) is 9.11. The number of hydrogen-bond donors (Lipinski definition) is 0. The van der Waals surface area contributed by atoms with E-state index in [1.165, 1.54) is 30.0 Å². The second-order valence-corrected chi connectivity index (χ2v) is 6.21. The summed E-state index contributed by atoms with van der Waals surface area (Å²) in [5, 5.41) is 11.1. The van der Waals surface area contributed by atoms with Gasteiger partial charge in [-0.2, -0.15) is 0 Å². The van der Waals surface area contributed by atoms with Crippen molar-refractivity contribution in [3.8, 4) is 0 Å². The van der Waals surface area contributed by atoms with Gasteiger partial charge in [0.05, 0.1) is 17.4 Å². The Balaban J connectivity index is 1.90. The van der Waals surface area contributed by atoms with Gasteiger partial charge in [0.2, 0.25) is 0 Å². The van der Waals surface area contributed by atoms with Crippen molar-refractivity contribution >= 4 is 23.5 Å². The van der Waals surface area contributed by atoms with Crippen LogP contribution in [0.15, 0.2) is 18.2 Å². The molecular weight excluding hydrogens is 356 g/mol. The lowest BCUT2D eigenvalue weighted by Crippen LogP contribution is -2.42. The largest absolute Gasteiger partial charge is 0.466 e.